The van der Waals surface area contributed by atoms with Gasteiger partial charge in [-0.15, -0.1) is 4.80 Å². The summed E-state index contributed by atoms with van der Waals surface area (Å²) in [5, 5.41) is 15.0. The highest BCUT2D eigenvalue weighted by atomic mass is 35.5. The topological polar surface area (TPSA) is 123 Å². The summed E-state index contributed by atoms with van der Waals surface area (Å²) < 4.78 is 5.33. The number of carbonyl (C=O) groups excluding carboxylic acids is 1. The van der Waals surface area contributed by atoms with Crippen LogP contribution in [0.3, 0.4) is 0 Å². The van der Waals surface area contributed by atoms with E-state index in [1.165, 1.54) is 34.7 Å². The Hall–Kier alpha value is -3.35. The van der Waals surface area contributed by atoms with Crippen molar-refractivity contribution in [2.45, 2.75) is 25.8 Å². The molecule has 4 aromatic rings. The highest BCUT2D eigenvalue weighted by Gasteiger charge is 2.32. The first-order chi connectivity index (χ1) is 16.5. The van der Waals surface area contributed by atoms with Gasteiger partial charge in [-0.2, -0.15) is 10.2 Å². The maximum absolute atomic E-state index is 12.9. The van der Waals surface area contributed by atoms with Crippen LogP contribution in [0.25, 0.3) is 16.2 Å². The molecule has 1 aliphatic rings. The number of nitrogens with zero attached hydrogens (tertiary/aromatic N) is 7. The number of rotatable bonds is 8. The average molecular weight is 500 g/mol. The lowest BCUT2D eigenvalue weighted by molar-refractivity contribution is 0.205. The number of nitrogens with one attached hydrogen (secondary N) is 2. The normalized spacial score (nSPS) is 13.3. The quantitative estimate of drug-likeness (QED) is 0.374. The van der Waals surface area contributed by atoms with Gasteiger partial charge in [0.05, 0.1) is 58.5 Å². The van der Waals surface area contributed by atoms with Gasteiger partial charge in [-0.05, 0) is 25.8 Å². The van der Waals surface area contributed by atoms with E-state index in [4.69, 9.17) is 21.3 Å². The van der Waals surface area contributed by atoms with Gasteiger partial charge in [0.15, 0.2) is 5.82 Å². The minimum absolute atomic E-state index is 0.301. The molecule has 0 saturated heterocycles. The number of anilines is 3. The van der Waals surface area contributed by atoms with E-state index >= 15 is 0 Å². The lowest BCUT2D eigenvalue weighted by Gasteiger charge is -2.27. The van der Waals surface area contributed by atoms with Gasteiger partial charge in [0.25, 0.3) is 0 Å². The van der Waals surface area contributed by atoms with Crippen molar-refractivity contribution in [2.75, 3.05) is 35.8 Å². The standard InChI is InChI=1S/C21H22ClN9O2S/c1-12-27-17-18(30(7-8-33-2)14-3-4-14)16(11-24-20(17)34-12)29-21(32)28-13-9-15(22)19(23-10-13)31-25-5-6-26-31/h5-6,9-11,14H,3-4,7-8H2,1-2H3,(H2,28,29,32). The number of amides is 2. The lowest BCUT2D eigenvalue weighted by Crippen LogP contribution is -2.31. The second-order valence-corrected chi connectivity index (χ2v) is 9.34. The molecule has 0 aromatic carbocycles. The van der Waals surface area contributed by atoms with Crippen LogP contribution in [-0.2, 0) is 4.74 Å². The second-order valence-electron chi connectivity index (χ2n) is 7.75. The fraction of sp³-hybridized carbons (Fsp3) is 0.333. The van der Waals surface area contributed by atoms with Crippen LogP contribution in [0.4, 0.5) is 21.9 Å². The molecule has 4 aromatic heterocycles. The van der Waals surface area contributed by atoms with E-state index in [1.807, 2.05) is 6.92 Å². The first kappa shape index (κ1) is 22.4. The van der Waals surface area contributed by atoms with Gasteiger partial charge in [-0.3, -0.25) is 0 Å². The third kappa shape index (κ3) is 4.65. The molecule has 0 unspecified atom stereocenters. The summed E-state index contributed by atoms with van der Waals surface area (Å²) in [5.41, 5.74) is 2.65. The Morgan fingerprint density at radius 2 is 2.06 bits per heavy atom. The number of pyridine rings is 2. The summed E-state index contributed by atoms with van der Waals surface area (Å²) in [6, 6.07) is 1.53. The molecule has 0 atom stereocenters. The van der Waals surface area contributed by atoms with E-state index in [0.29, 0.717) is 41.4 Å². The van der Waals surface area contributed by atoms with Gasteiger partial charge in [0, 0.05) is 19.7 Å². The number of urea groups is 1. The SMILES string of the molecule is COCCN(c1c(NC(=O)Nc2cnc(-n3nccn3)c(Cl)c2)cnc2sc(C)nc12)C1CC1. The number of halogens is 1. The fourth-order valence-corrected chi connectivity index (χ4v) is 4.66. The molecule has 34 heavy (non-hydrogen) atoms. The van der Waals surface area contributed by atoms with Crippen molar-refractivity contribution < 1.29 is 9.53 Å². The summed E-state index contributed by atoms with van der Waals surface area (Å²) in [6.45, 7) is 3.21. The number of ether oxygens (including phenoxy) is 1. The Balaban J connectivity index is 1.41. The minimum atomic E-state index is -0.445. The molecule has 11 nitrogen and oxygen atoms in total. The zero-order valence-electron chi connectivity index (χ0n) is 18.5. The molecule has 0 bridgehead atoms. The largest absolute Gasteiger partial charge is 0.383 e. The molecular weight excluding hydrogens is 478 g/mol. The number of aryl methyl sites for hydroxylation is 1. The van der Waals surface area contributed by atoms with Crippen LogP contribution in [0.2, 0.25) is 5.02 Å². The number of hydrogen-bond acceptors (Lipinski definition) is 9. The summed E-state index contributed by atoms with van der Waals surface area (Å²) >= 11 is 7.85. The Bertz CT molecular complexity index is 1320. The van der Waals surface area contributed by atoms with Gasteiger partial charge in [0.1, 0.15) is 10.3 Å². The Morgan fingerprint density at radius 3 is 2.76 bits per heavy atom. The van der Waals surface area contributed by atoms with Gasteiger partial charge >= 0.3 is 6.03 Å². The van der Waals surface area contributed by atoms with Crippen LogP contribution in [0.5, 0.6) is 0 Å². The highest BCUT2D eigenvalue weighted by Crippen LogP contribution is 2.41. The number of methoxy groups -OCH3 is 1. The average Bonchev–Trinajstić information content (AvgIpc) is 3.35. The maximum Gasteiger partial charge on any atom is 0.323 e. The number of thiazole rings is 1. The molecule has 176 valence electrons. The van der Waals surface area contributed by atoms with Gasteiger partial charge in [0.2, 0.25) is 0 Å². The van der Waals surface area contributed by atoms with E-state index in [1.54, 1.807) is 19.4 Å². The number of carbonyl (C=O) groups is 1. The Labute approximate surface area is 204 Å². The molecule has 4 heterocycles. The molecule has 2 N–H and O–H groups in total. The maximum atomic E-state index is 12.9. The molecule has 5 rings (SSSR count). The van der Waals surface area contributed by atoms with Crippen molar-refractivity contribution in [1.29, 1.82) is 0 Å². The molecule has 0 aliphatic heterocycles. The van der Waals surface area contributed by atoms with Gasteiger partial charge < -0.3 is 20.3 Å². The molecule has 0 spiro atoms. The monoisotopic (exact) mass is 499 g/mol. The van der Waals surface area contributed by atoms with Crippen LogP contribution in [0.1, 0.15) is 17.8 Å². The van der Waals surface area contributed by atoms with Gasteiger partial charge in [-0.1, -0.05) is 22.9 Å². The summed E-state index contributed by atoms with van der Waals surface area (Å²) in [7, 11) is 1.68. The number of fused-ring (bicyclic) bond motifs is 1. The predicted molar refractivity (Wildman–Crippen MR) is 131 cm³/mol. The Kier molecular flexibility index (Phi) is 6.26. The van der Waals surface area contributed by atoms with Crippen LogP contribution in [0.15, 0.2) is 30.9 Å². The molecule has 2 amide bonds. The summed E-state index contributed by atoms with van der Waals surface area (Å²) in [4.78, 5) is 30.8. The minimum Gasteiger partial charge on any atom is -0.383 e. The molecule has 1 aliphatic carbocycles. The summed E-state index contributed by atoms with van der Waals surface area (Å²) in [6.07, 6.45) is 8.40. The molecule has 0 radical (unpaired) electrons. The van der Waals surface area contributed by atoms with Crippen LogP contribution < -0.4 is 15.5 Å². The number of hydrogen-bond donors (Lipinski definition) is 2. The zero-order chi connectivity index (χ0) is 23.7. The zero-order valence-corrected chi connectivity index (χ0v) is 20.1. The third-order valence-corrected chi connectivity index (χ3v) is 6.41. The first-order valence-electron chi connectivity index (χ1n) is 10.7. The highest BCUT2D eigenvalue weighted by molar-refractivity contribution is 7.18. The second kappa shape index (κ2) is 9.49. The van der Waals surface area contributed by atoms with Crippen molar-refractivity contribution in [2.24, 2.45) is 0 Å². The van der Waals surface area contributed by atoms with E-state index in [-0.39, 0.29) is 0 Å². The van der Waals surface area contributed by atoms with E-state index in [2.05, 4.69) is 35.7 Å². The van der Waals surface area contributed by atoms with Crippen molar-refractivity contribution in [3.63, 3.8) is 0 Å². The van der Waals surface area contributed by atoms with Gasteiger partial charge in [-0.25, -0.2) is 19.7 Å². The van der Waals surface area contributed by atoms with Crippen molar-refractivity contribution in [3.05, 3.63) is 40.9 Å². The third-order valence-electron chi connectivity index (χ3n) is 5.25. The summed E-state index contributed by atoms with van der Waals surface area (Å²) in [5.74, 6) is 0.367. The smallest absolute Gasteiger partial charge is 0.323 e. The molecule has 1 saturated carbocycles. The van der Waals surface area contributed by atoms with E-state index in [0.717, 1.165) is 33.9 Å². The first-order valence-corrected chi connectivity index (χ1v) is 11.8. The lowest BCUT2D eigenvalue weighted by atomic mass is 10.2. The van der Waals surface area contributed by atoms with Crippen molar-refractivity contribution in [1.82, 2.24) is 29.9 Å². The van der Waals surface area contributed by atoms with Crippen molar-refractivity contribution >= 4 is 56.4 Å². The molecular formula is C21H22ClN9O2S. The van der Waals surface area contributed by atoms with Crippen LogP contribution in [0, 0.1) is 6.92 Å². The molecule has 1 fully saturated rings. The number of aromatic nitrogens is 6. The van der Waals surface area contributed by atoms with E-state index < -0.39 is 6.03 Å². The predicted octanol–water partition coefficient (Wildman–Crippen LogP) is 3.89. The Morgan fingerprint density at radius 1 is 1.26 bits per heavy atom. The van der Waals surface area contributed by atoms with E-state index in [9.17, 15) is 4.79 Å². The fourth-order valence-electron chi connectivity index (χ4n) is 3.66. The molecule has 13 heteroatoms. The van der Waals surface area contributed by atoms with Crippen LogP contribution in [-0.4, -0.2) is 62.3 Å². The van der Waals surface area contributed by atoms with Crippen molar-refractivity contribution in [3.8, 4) is 5.82 Å². The van der Waals surface area contributed by atoms with Crippen LogP contribution >= 0.6 is 22.9 Å².